The number of hydrogen-bond donors (Lipinski definition) is 0. The number of rotatable bonds is 1. The number of aromatic nitrogens is 2. The monoisotopic (exact) mass is 228 g/mol. The lowest BCUT2D eigenvalue weighted by Crippen LogP contribution is -2.31. The first-order valence-corrected chi connectivity index (χ1v) is 5.43. The molecule has 0 bridgehead atoms. The van der Waals surface area contributed by atoms with Gasteiger partial charge in [-0.2, -0.15) is 9.78 Å². The highest BCUT2D eigenvalue weighted by Crippen LogP contribution is 2.20. The van der Waals surface area contributed by atoms with Crippen LogP contribution in [0.25, 0.3) is 0 Å². The van der Waals surface area contributed by atoms with Gasteiger partial charge in [-0.15, -0.1) is 0 Å². The van der Waals surface area contributed by atoms with E-state index in [1.54, 1.807) is 13.1 Å². The maximum Gasteiger partial charge on any atom is 0.288 e. The summed E-state index contributed by atoms with van der Waals surface area (Å²) in [6.45, 7) is 2.45. The van der Waals surface area contributed by atoms with Gasteiger partial charge >= 0.3 is 0 Å². The van der Waals surface area contributed by atoms with Crippen LogP contribution in [0.5, 0.6) is 0 Å². The van der Waals surface area contributed by atoms with Crippen molar-refractivity contribution in [1.29, 1.82) is 0 Å². The number of nitrogens with zero attached hydrogens (tertiary/aromatic N) is 2. The Balaban J connectivity index is 2.35. The third-order valence-corrected chi connectivity index (χ3v) is 3.01. The van der Waals surface area contributed by atoms with Crippen LogP contribution in [0, 0.1) is 6.92 Å². The molecule has 15 heavy (non-hydrogen) atoms. The fraction of sp³-hybridized carbons (Fsp3) is 0.600. The summed E-state index contributed by atoms with van der Waals surface area (Å²) in [6, 6.07) is 0. The van der Waals surface area contributed by atoms with Gasteiger partial charge < -0.3 is 4.74 Å². The summed E-state index contributed by atoms with van der Waals surface area (Å²) in [4.78, 5) is 11.8. The Hall–Kier alpha value is -0.870. The summed E-state index contributed by atoms with van der Waals surface area (Å²) < 4.78 is 6.82. The molecule has 1 fully saturated rings. The van der Waals surface area contributed by atoms with E-state index < -0.39 is 0 Å². The van der Waals surface area contributed by atoms with E-state index in [2.05, 4.69) is 5.10 Å². The topological polar surface area (TPSA) is 44.1 Å². The van der Waals surface area contributed by atoms with Gasteiger partial charge in [0.05, 0.1) is 6.20 Å². The van der Waals surface area contributed by atoms with Crippen LogP contribution < -0.4 is 5.56 Å². The quantitative estimate of drug-likeness (QED) is 0.738. The van der Waals surface area contributed by atoms with E-state index >= 15 is 0 Å². The second-order valence-electron chi connectivity index (χ2n) is 3.71. The molecule has 82 valence electrons. The van der Waals surface area contributed by atoms with Crippen LogP contribution in [0.4, 0.5) is 0 Å². The van der Waals surface area contributed by atoms with Crippen LogP contribution in [-0.4, -0.2) is 16.4 Å². The zero-order valence-corrected chi connectivity index (χ0v) is 9.33. The molecule has 5 heteroatoms. The minimum absolute atomic E-state index is 0.235. The average Bonchev–Trinajstić information content (AvgIpc) is 2.27. The summed E-state index contributed by atoms with van der Waals surface area (Å²) in [5, 5.41) is 4.29. The zero-order chi connectivity index (χ0) is 10.8. The van der Waals surface area contributed by atoms with Gasteiger partial charge in [-0.3, -0.25) is 4.79 Å². The van der Waals surface area contributed by atoms with Crippen LogP contribution in [0.2, 0.25) is 5.02 Å². The molecule has 0 aliphatic carbocycles. The molecule has 0 aromatic carbocycles. The molecule has 0 spiro atoms. The molecule has 0 radical (unpaired) electrons. The van der Waals surface area contributed by atoms with Crippen molar-refractivity contribution in [2.45, 2.75) is 32.4 Å². The summed E-state index contributed by atoms with van der Waals surface area (Å²) in [6.07, 6.45) is 4.28. The first-order valence-electron chi connectivity index (χ1n) is 5.05. The van der Waals surface area contributed by atoms with E-state index in [-0.39, 0.29) is 16.8 Å². The normalized spacial score (nSPS) is 21.6. The molecule has 1 aromatic heterocycles. The maximum absolute atomic E-state index is 11.8. The Labute approximate surface area is 92.8 Å². The van der Waals surface area contributed by atoms with Crippen molar-refractivity contribution in [3.8, 4) is 0 Å². The number of ether oxygens (including phenoxy) is 1. The maximum atomic E-state index is 11.8. The molecule has 1 saturated heterocycles. The van der Waals surface area contributed by atoms with Crippen molar-refractivity contribution in [2.24, 2.45) is 0 Å². The second-order valence-corrected chi connectivity index (χ2v) is 4.09. The Morgan fingerprint density at radius 1 is 1.60 bits per heavy atom. The molecule has 1 atom stereocenters. The standard InChI is InChI=1S/C10H13ClN2O2/c1-7-6-12-13(10(14)9(7)11)8-4-2-3-5-15-8/h6,8H,2-5H2,1H3/t8-/m0/s1. The molecule has 2 rings (SSSR count). The summed E-state index contributed by atoms with van der Waals surface area (Å²) in [7, 11) is 0. The van der Waals surface area contributed by atoms with Crippen molar-refractivity contribution in [2.75, 3.05) is 6.61 Å². The minimum Gasteiger partial charge on any atom is -0.356 e. The van der Waals surface area contributed by atoms with E-state index in [1.165, 1.54) is 4.68 Å². The lowest BCUT2D eigenvalue weighted by atomic mass is 10.2. The number of aryl methyl sites for hydroxylation is 1. The van der Waals surface area contributed by atoms with Crippen molar-refractivity contribution in [3.05, 3.63) is 27.1 Å². The summed E-state index contributed by atoms with van der Waals surface area (Å²) in [5.41, 5.74) is 0.442. The Bertz CT molecular complexity index is 410. The lowest BCUT2D eigenvalue weighted by molar-refractivity contribution is -0.0424. The molecule has 2 heterocycles. The first-order chi connectivity index (χ1) is 7.20. The Kier molecular flexibility index (Phi) is 3.07. The molecular formula is C10H13ClN2O2. The molecule has 0 unspecified atom stereocenters. The summed E-state index contributed by atoms with van der Waals surface area (Å²) in [5.74, 6) is 0. The van der Waals surface area contributed by atoms with Gasteiger partial charge in [-0.25, -0.2) is 0 Å². The van der Waals surface area contributed by atoms with Crippen LogP contribution >= 0.6 is 11.6 Å². The summed E-state index contributed by atoms with van der Waals surface area (Å²) >= 11 is 5.87. The van der Waals surface area contributed by atoms with Crippen LogP contribution in [0.3, 0.4) is 0 Å². The largest absolute Gasteiger partial charge is 0.356 e. The van der Waals surface area contributed by atoms with Gasteiger partial charge in [0.1, 0.15) is 5.02 Å². The van der Waals surface area contributed by atoms with Gasteiger partial charge in [-0.1, -0.05) is 11.6 Å². The van der Waals surface area contributed by atoms with E-state index in [4.69, 9.17) is 16.3 Å². The van der Waals surface area contributed by atoms with E-state index in [0.717, 1.165) is 19.3 Å². The fourth-order valence-electron chi connectivity index (χ4n) is 1.65. The highest BCUT2D eigenvalue weighted by atomic mass is 35.5. The van der Waals surface area contributed by atoms with Crippen LogP contribution in [0.15, 0.2) is 11.0 Å². The van der Waals surface area contributed by atoms with Gasteiger partial charge in [0, 0.05) is 6.61 Å². The fourth-order valence-corrected chi connectivity index (χ4v) is 1.78. The lowest BCUT2D eigenvalue weighted by Gasteiger charge is -2.23. The third-order valence-electron chi connectivity index (χ3n) is 2.55. The highest BCUT2D eigenvalue weighted by molar-refractivity contribution is 6.31. The Morgan fingerprint density at radius 3 is 3.07 bits per heavy atom. The predicted octanol–water partition coefficient (Wildman–Crippen LogP) is 1.90. The molecule has 1 aliphatic rings. The van der Waals surface area contributed by atoms with Crippen molar-refractivity contribution >= 4 is 11.6 Å². The molecular weight excluding hydrogens is 216 g/mol. The zero-order valence-electron chi connectivity index (χ0n) is 8.57. The smallest absolute Gasteiger partial charge is 0.288 e. The van der Waals surface area contributed by atoms with E-state index in [1.807, 2.05) is 0 Å². The SMILES string of the molecule is Cc1cnn([C@@H]2CCCCO2)c(=O)c1Cl. The van der Waals surface area contributed by atoms with Gasteiger partial charge in [0.25, 0.3) is 5.56 Å². The van der Waals surface area contributed by atoms with E-state index in [9.17, 15) is 4.79 Å². The molecule has 0 N–H and O–H groups in total. The molecule has 0 saturated carbocycles. The molecule has 4 nitrogen and oxygen atoms in total. The van der Waals surface area contributed by atoms with Crippen LogP contribution in [0.1, 0.15) is 31.1 Å². The Morgan fingerprint density at radius 2 is 2.40 bits per heavy atom. The van der Waals surface area contributed by atoms with Crippen LogP contribution in [-0.2, 0) is 4.74 Å². The number of halogens is 1. The predicted molar refractivity (Wildman–Crippen MR) is 57.1 cm³/mol. The first kappa shape index (κ1) is 10.6. The van der Waals surface area contributed by atoms with Gasteiger partial charge in [0.15, 0.2) is 6.23 Å². The van der Waals surface area contributed by atoms with Crippen molar-refractivity contribution < 1.29 is 4.74 Å². The number of hydrogen-bond acceptors (Lipinski definition) is 3. The van der Waals surface area contributed by atoms with Gasteiger partial charge in [-0.05, 0) is 31.7 Å². The van der Waals surface area contributed by atoms with E-state index in [0.29, 0.717) is 12.2 Å². The molecule has 1 aliphatic heterocycles. The average molecular weight is 229 g/mol. The molecule has 0 amide bonds. The third kappa shape index (κ3) is 2.06. The van der Waals surface area contributed by atoms with Crippen molar-refractivity contribution in [1.82, 2.24) is 9.78 Å². The molecule has 1 aromatic rings. The minimum atomic E-state index is -0.261. The highest BCUT2D eigenvalue weighted by Gasteiger charge is 2.19. The van der Waals surface area contributed by atoms with Gasteiger partial charge in [0.2, 0.25) is 0 Å². The van der Waals surface area contributed by atoms with Crippen molar-refractivity contribution in [3.63, 3.8) is 0 Å². The second kappa shape index (κ2) is 4.33.